The van der Waals surface area contributed by atoms with Gasteiger partial charge in [0.2, 0.25) is 5.69 Å². The highest BCUT2D eigenvalue weighted by molar-refractivity contribution is 7.17. The third-order valence-corrected chi connectivity index (χ3v) is 7.51. The van der Waals surface area contributed by atoms with Gasteiger partial charge in [-0.05, 0) is 59.7 Å². The van der Waals surface area contributed by atoms with Gasteiger partial charge in [0.05, 0.1) is 16.4 Å². The normalized spacial score (nSPS) is 13.5. The van der Waals surface area contributed by atoms with Gasteiger partial charge >= 0.3 is 6.18 Å². The first-order valence-electron chi connectivity index (χ1n) is 10.2. The summed E-state index contributed by atoms with van der Waals surface area (Å²) in [5.74, 6) is 1.43. The van der Waals surface area contributed by atoms with Crippen molar-refractivity contribution in [2.75, 3.05) is 0 Å². The Balaban J connectivity index is 1.79. The number of pyridine rings is 1. The van der Waals surface area contributed by atoms with Crippen molar-refractivity contribution in [3.63, 3.8) is 0 Å². The quantitative estimate of drug-likeness (QED) is 0.260. The molecule has 0 atom stereocenters. The Bertz CT molecular complexity index is 1380. The van der Waals surface area contributed by atoms with Gasteiger partial charge in [0.1, 0.15) is 18.5 Å². The van der Waals surface area contributed by atoms with Crippen LogP contribution in [0.25, 0.3) is 32.1 Å². The van der Waals surface area contributed by atoms with Crippen LogP contribution in [0.4, 0.5) is 13.2 Å². The second-order valence-electron chi connectivity index (χ2n) is 9.11. The van der Waals surface area contributed by atoms with Gasteiger partial charge in [-0.2, -0.15) is 13.2 Å². The fourth-order valence-electron chi connectivity index (χ4n) is 4.63. The SMILES string of the molecule is Cc1c2c(c(C)c3sccc13)Oc1cc(CC(C)(C)C(F)(F)F)cc3cc[n+](C)c-2c13. The minimum Gasteiger partial charge on any atom is -0.455 e. The topological polar surface area (TPSA) is 13.1 Å². The van der Waals surface area contributed by atoms with E-state index < -0.39 is 11.6 Å². The zero-order chi connectivity index (χ0) is 22.3. The monoisotopic (exact) mass is 442 g/mol. The van der Waals surface area contributed by atoms with Crippen molar-refractivity contribution in [2.45, 2.75) is 40.3 Å². The van der Waals surface area contributed by atoms with Crippen molar-refractivity contribution in [3.05, 3.63) is 52.5 Å². The van der Waals surface area contributed by atoms with Gasteiger partial charge in [-0.3, -0.25) is 0 Å². The van der Waals surface area contributed by atoms with Crippen LogP contribution in [-0.2, 0) is 13.5 Å². The highest BCUT2D eigenvalue weighted by Crippen LogP contribution is 2.51. The Morgan fingerprint density at radius 3 is 2.52 bits per heavy atom. The van der Waals surface area contributed by atoms with Crippen LogP contribution < -0.4 is 9.30 Å². The molecule has 2 aromatic carbocycles. The molecule has 0 unspecified atom stereocenters. The number of thiophene rings is 1. The third-order valence-electron chi connectivity index (χ3n) is 6.47. The molecule has 6 heteroatoms. The van der Waals surface area contributed by atoms with Crippen LogP contribution in [0.5, 0.6) is 11.5 Å². The first kappa shape index (κ1) is 20.3. The molecular weight excluding hydrogens is 419 g/mol. The average molecular weight is 443 g/mol. The number of halogens is 3. The smallest absolute Gasteiger partial charge is 0.394 e. The minimum absolute atomic E-state index is 0.103. The molecule has 1 aliphatic rings. The maximum atomic E-state index is 13.5. The first-order valence-corrected chi connectivity index (χ1v) is 11.1. The van der Waals surface area contributed by atoms with E-state index in [0.717, 1.165) is 38.9 Å². The van der Waals surface area contributed by atoms with Gasteiger partial charge in [-0.1, -0.05) is 19.9 Å². The van der Waals surface area contributed by atoms with Crippen LogP contribution in [0, 0.1) is 19.3 Å². The second kappa shape index (κ2) is 6.45. The van der Waals surface area contributed by atoms with Gasteiger partial charge in [0, 0.05) is 16.3 Å². The van der Waals surface area contributed by atoms with E-state index in [1.165, 1.54) is 23.9 Å². The van der Waals surface area contributed by atoms with Gasteiger partial charge in [-0.15, -0.1) is 11.3 Å². The van der Waals surface area contributed by atoms with Crippen molar-refractivity contribution in [1.82, 2.24) is 0 Å². The van der Waals surface area contributed by atoms with Gasteiger partial charge in [0.25, 0.3) is 0 Å². The molecule has 160 valence electrons. The summed E-state index contributed by atoms with van der Waals surface area (Å²) in [5, 5.41) is 5.14. The lowest BCUT2D eigenvalue weighted by atomic mass is 9.84. The molecule has 31 heavy (non-hydrogen) atoms. The molecule has 1 aliphatic heterocycles. The van der Waals surface area contributed by atoms with Crippen molar-refractivity contribution < 1.29 is 22.5 Å². The Morgan fingerprint density at radius 1 is 1.06 bits per heavy atom. The van der Waals surface area contributed by atoms with E-state index in [1.54, 1.807) is 17.4 Å². The zero-order valence-corrected chi connectivity index (χ0v) is 18.9. The molecule has 4 aromatic rings. The van der Waals surface area contributed by atoms with E-state index in [-0.39, 0.29) is 6.42 Å². The Kier molecular flexibility index (Phi) is 4.23. The summed E-state index contributed by atoms with van der Waals surface area (Å²) in [6, 6.07) is 7.75. The number of hydrogen-bond acceptors (Lipinski definition) is 2. The summed E-state index contributed by atoms with van der Waals surface area (Å²) < 4.78 is 50.3. The molecule has 0 bridgehead atoms. The number of nitrogens with zero attached hydrogens (tertiary/aromatic N) is 1. The van der Waals surface area contributed by atoms with E-state index in [1.807, 2.05) is 25.4 Å². The fraction of sp³-hybridized carbons (Fsp3) is 0.320. The maximum Gasteiger partial charge on any atom is 0.394 e. The Morgan fingerprint density at radius 2 is 1.81 bits per heavy atom. The summed E-state index contributed by atoms with van der Waals surface area (Å²) in [4.78, 5) is 0. The first-order chi connectivity index (χ1) is 14.5. The minimum atomic E-state index is -4.28. The molecule has 0 N–H and O–H groups in total. The van der Waals surface area contributed by atoms with Gasteiger partial charge < -0.3 is 4.74 Å². The molecule has 0 amide bonds. The van der Waals surface area contributed by atoms with Crippen LogP contribution in [-0.4, -0.2) is 6.18 Å². The predicted octanol–water partition coefficient (Wildman–Crippen LogP) is 7.40. The summed E-state index contributed by atoms with van der Waals surface area (Å²) in [6.07, 6.45) is -2.41. The van der Waals surface area contributed by atoms with E-state index in [4.69, 9.17) is 4.74 Å². The molecule has 0 saturated carbocycles. The van der Waals surface area contributed by atoms with Crippen molar-refractivity contribution in [3.8, 4) is 22.8 Å². The number of ether oxygens (including phenoxy) is 1. The largest absolute Gasteiger partial charge is 0.455 e. The molecule has 0 spiro atoms. The molecule has 0 saturated heterocycles. The van der Waals surface area contributed by atoms with Crippen LogP contribution >= 0.6 is 11.3 Å². The van der Waals surface area contributed by atoms with Gasteiger partial charge in [-0.25, -0.2) is 4.57 Å². The fourth-order valence-corrected chi connectivity index (χ4v) is 5.59. The summed E-state index contributed by atoms with van der Waals surface area (Å²) in [7, 11) is 2.00. The molecular formula is C25H23F3NOS+. The number of hydrogen-bond donors (Lipinski definition) is 0. The van der Waals surface area contributed by atoms with E-state index >= 15 is 0 Å². The predicted molar refractivity (Wildman–Crippen MR) is 119 cm³/mol. The number of rotatable bonds is 2. The average Bonchev–Trinajstić information content (AvgIpc) is 3.17. The molecule has 2 aromatic heterocycles. The van der Waals surface area contributed by atoms with Crippen molar-refractivity contribution in [1.29, 1.82) is 0 Å². The molecule has 0 aliphatic carbocycles. The number of fused-ring (bicyclic) bond motifs is 3. The van der Waals surface area contributed by atoms with Crippen molar-refractivity contribution >= 4 is 32.2 Å². The van der Waals surface area contributed by atoms with Crippen LogP contribution in [0.2, 0.25) is 0 Å². The lowest BCUT2D eigenvalue weighted by molar-refractivity contribution is -0.659. The second-order valence-corrected chi connectivity index (χ2v) is 10.0. The van der Waals surface area contributed by atoms with Gasteiger partial charge in [0.15, 0.2) is 6.20 Å². The number of aryl methyl sites for hydroxylation is 3. The maximum absolute atomic E-state index is 13.5. The standard InChI is InChI=1S/C25H23F3NOS/c1-13-17-7-9-31-23(17)14(2)22-19(13)21-20-16(6-8-29(21)5)10-15(11-18(20)30-22)12-24(3,4)25(26,27)28/h6-11H,12H2,1-5H3/q+1. The molecule has 2 nitrogen and oxygen atoms in total. The number of benzene rings is 2. The molecule has 5 rings (SSSR count). The summed E-state index contributed by atoms with van der Waals surface area (Å²) in [6.45, 7) is 6.66. The zero-order valence-electron chi connectivity index (χ0n) is 18.1. The lowest BCUT2D eigenvalue weighted by Gasteiger charge is -2.29. The highest BCUT2D eigenvalue weighted by Gasteiger charge is 2.47. The van der Waals surface area contributed by atoms with E-state index in [2.05, 4.69) is 29.9 Å². The van der Waals surface area contributed by atoms with Crippen LogP contribution in [0.1, 0.15) is 30.5 Å². The summed E-state index contributed by atoms with van der Waals surface area (Å²) >= 11 is 1.68. The van der Waals surface area contributed by atoms with Crippen molar-refractivity contribution in [2.24, 2.45) is 12.5 Å². The molecule has 0 fully saturated rings. The lowest BCUT2D eigenvalue weighted by Crippen LogP contribution is -2.34. The Labute approximate surface area is 182 Å². The van der Waals surface area contributed by atoms with Crippen LogP contribution in [0.3, 0.4) is 0 Å². The molecule has 0 radical (unpaired) electrons. The Hall–Kier alpha value is -2.60. The molecule has 3 heterocycles. The highest BCUT2D eigenvalue weighted by atomic mass is 32.1. The summed E-state index contributed by atoms with van der Waals surface area (Å²) in [5.41, 5.74) is 3.14. The third kappa shape index (κ3) is 2.88. The van der Waals surface area contributed by atoms with E-state index in [9.17, 15) is 13.2 Å². The number of alkyl halides is 3. The number of aromatic nitrogens is 1. The van der Waals surface area contributed by atoms with Crippen LogP contribution in [0.15, 0.2) is 35.8 Å². The van der Waals surface area contributed by atoms with E-state index in [0.29, 0.717) is 11.3 Å².